The van der Waals surface area contributed by atoms with Crippen molar-refractivity contribution >= 4 is 23.2 Å². The minimum Gasteiger partial charge on any atom is -0.345 e. The Morgan fingerprint density at radius 2 is 1.88 bits per heavy atom. The number of carbonyl (C=O) groups is 1. The molecule has 3 rings (SSSR count). The Kier molecular flexibility index (Phi) is 5.44. The van der Waals surface area contributed by atoms with E-state index in [0.29, 0.717) is 6.42 Å². The van der Waals surface area contributed by atoms with Crippen LogP contribution in [0.3, 0.4) is 0 Å². The number of amides is 1. The van der Waals surface area contributed by atoms with E-state index in [1.54, 1.807) is 12.4 Å². The first-order chi connectivity index (χ1) is 12.6. The lowest BCUT2D eigenvalue weighted by molar-refractivity contribution is -0.115. The van der Waals surface area contributed by atoms with E-state index in [4.69, 9.17) is 0 Å². The van der Waals surface area contributed by atoms with Crippen LogP contribution >= 0.6 is 0 Å². The number of aromatic amines is 1. The van der Waals surface area contributed by atoms with Crippen LogP contribution in [0.25, 0.3) is 11.6 Å². The highest BCUT2D eigenvalue weighted by atomic mass is 16.1. The minimum absolute atomic E-state index is 0.0247. The second-order valence-corrected chi connectivity index (χ2v) is 6.13. The van der Waals surface area contributed by atoms with E-state index >= 15 is 0 Å². The van der Waals surface area contributed by atoms with Gasteiger partial charge in [-0.3, -0.25) is 4.79 Å². The predicted octanol–water partition coefficient (Wildman–Crippen LogP) is 4.63. The van der Waals surface area contributed by atoms with E-state index < -0.39 is 0 Å². The molecule has 0 unspecified atom stereocenters. The van der Waals surface area contributed by atoms with Gasteiger partial charge in [-0.05, 0) is 30.2 Å². The maximum absolute atomic E-state index is 12.2. The zero-order chi connectivity index (χ0) is 18.4. The number of anilines is 1. The summed E-state index contributed by atoms with van der Waals surface area (Å²) >= 11 is 0. The van der Waals surface area contributed by atoms with Crippen molar-refractivity contribution in [3.63, 3.8) is 0 Å². The molecule has 3 aromatic rings. The maximum Gasteiger partial charge on any atom is 0.228 e. The average molecular weight is 343 g/mol. The van der Waals surface area contributed by atoms with Crippen molar-refractivity contribution in [1.29, 1.82) is 0 Å². The fourth-order valence-corrected chi connectivity index (χ4v) is 2.49. The number of hydrogen-bond acceptors (Lipinski definition) is 2. The van der Waals surface area contributed by atoms with Gasteiger partial charge >= 0.3 is 0 Å². The van der Waals surface area contributed by atoms with E-state index in [1.807, 2.05) is 67.6 Å². The second kappa shape index (κ2) is 8.12. The largest absolute Gasteiger partial charge is 0.345 e. The molecule has 4 heteroatoms. The number of nitrogens with one attached hydrogen (secondary N) is 2. The van der Waals surface area contributed by atoms with Gasteiger partial charge < -0.3 is 10.3 Å². The Bertz CT molecular complexity index is 905. The molecule has 0 bridgehead atoms. The predicted molar refractivity (Wildman–Crippen MR) is 107 cm³/mol. The molecule has 0 saturated heterocycles. The zero-order valence-corrected chi connectivity index (χ0v) is 14.7. The molecule has 26 heavy (non-hydrogen) atoms. The van der Waals surface area contributed by atoms with Crippen LogP contribution in [-0.4, -0.2) is 15.9 Å². The molecule has 0 fully saturated rings. The van der Waals surface area contributed by atoms with Gasteiger partial charge in [-0.2, -0.15) is 0 Å². The summed E-state index contributed by atoms with van der Waals surface area (Å²) in [7, 11) is 0. The number of imidazole rings is 1. The fraction of sp³-hybridized carbons (Fsp3) is 0.0909. The Morgan fingerprint density at radius 3 is 2.54 bits per heavy atom. The molecular formula is C22H21N3O. The molecule has 0 spiro atoms. The minimum atomic E-state index is -0.0247. The molecule has 0 atom stereocenters. The van der Waals surface area contributed by atoms with Gasteiger partial charge in [0.15, 0.2) is 0 Å². The number of nitrogens with zero attached hydrogens (tertiary/aromatic N) is 1. The van der Waals surface area contributed by atoms with E-state index in [9.17, 15) is 4.79 Å². The topological polar surface area (TPSA) is 57.8 Å². The number of aryl methyl sites for hydroxylation is 1. The zero-order valence-electron chi connectivity index (χ0n) is 14.7. The molecule has 0 aliphatic heterocycles. The van der Waals surface area contributed by atoms with Gasteiger partial charge in [0.1, 0.15) is 5.82 Å². The van der Waals surface area contributed by atoms with Crippen molar-refractivity contribution in [1.82, 2.24) is 9.97 Å². The molecule has 0 saturated carbocycles. The van der Waals surface area contributed by atoms with Crippen LogP contribution in [0.1, 0.15) is 22.5 Å². The van der Waals surface area contributed by atoms with Gasteiger partial charge in [0.25, 0.3) is 0 Å². The summed E-state index contributed by atoms with van der Waals surface area (Å²) in [6.07, 6.45) is 7.70. The summed E-state index contributed by atoms with van der Waals surface area (Å²) < 4.78 is 0. The van der Waals surface area contributed by atoms with Crippen LogP contribution in [0.4, 0.5) is 5.69 Å². The summed E-state index contributed by atoms with van der Waals surface area (Å²) in [6.45, 7) is 6.00. The van der Waals surface area contributed by atoms with Crippen LogP contribution in [0.2, 0.25) is 0 Å². The van der Waals surface area contributed by atoms with Gasteiger partial charge in [0.2, 0.25) is 5.91 Å². The normalized spacial score (nSPS) is 10.8. The van der Waals surface area contributed by atoms with Crippen LogP contribution < -0.4 is 5.32 Å². The monoisotopic (exact) mass is 343 g/mol. The Labute approximate surface area is 153 Å². The Hall–Kier alpha value is -3.40. The molecule has 0 radical (unpaired) electrons. The first kappa shape index (κ1) is 17.4. The van der Waals surface area contributed by atoms with Gasteiger partial charge in [0, 0.05) is 23.7 Å². The van der Waals surface area contributed by atoms with Crippen molar-refractivity contribution in [3.05, 3.63) is 96.1 Å². The maximum atomic E-state index is 12.2. The number of aromatic nitrogens is 2. The van der Waals surface area contributed by atoms with Crippen molar-refractivity contribution in [2.45, 2.75) is 13.3 Å². The lowest BCUT2D eigenvalue weighted by atomic mass is 10.1. The molecular weight excluding hydrogens is 322 g/mol. The highest BCUT2D eigenvalue weighted by molar-refractivity contribution is 5.92. The molecule has 0 aliphatic rings. The second-order valence-electron chi connectivity index (χ2n) is 6.13. The number of H-pyrrole nitrogens is 1. The molecule has 2 aromatic carbocycles. The highest BCUT2D eigenvalue weighted by Gasteiger charge is 2.04. The number of benzene rings is 2. The third-order valence-corrected chi connectivity index (χ3v) is 3.96. The fourth-order valence-electron chi connectivity index (χ4n) is 2.49. The number of rotatable bonds is 6. The Balaban J connectivity index is 1.56. The van der Waals surface area contributed by atoms with E-state index in [2.05, 4.69) is 21.9 Å². The third-order valence-electron chi connectivity index (χ3n) is 3.96. The first-order valence-corrected chi connectivity index (χ1v) is 8.42. The molecule has 130 valence electrons. The van der Waals surface area contributed by atoms with Crippen molar-refractivity contribution in [2.75, 3.05) is 5.32 Å². The summed E-state index contributed by atoms with van der Waals surface area (Å²) in [6, 6.07) is 15.7. The highest BCUT2D eigenvalue weighted by Crippen LogP contribution is 2.13. The molecule has 2 N–H and O–H groups in total. The molecule has 1 heterocycles. The van der Waals surface area contributed by atoms with Crippen molar-refractivity contribution in [2.24, 2.45) is 0 Å². The lowest BCUT2D eigenvalue weighted by Gasteiger charge is -2.06. The summed E-state index contributed by atoms with van der Waals surface area (Å²) in [4.78, 5) is 19.3. The molecule has 0 aliphatic carbocycles. The van der Waals surface area contributed by atoms with Gasteiger partial charge in [-0.25, -0.2) is 4.98 Å². The quantitative estimate of drug-likeness (QED) is 0.641. The third kappa shape index (κ3) is 4.80. The number of hydrogen-bond donors (Lipinski definition) is 2. The standard InChI is InChI=1S/C22H21N3O/c1-16-3-11-20(12-4-16)25-21(26)15-19-9-7-18(8-10-19)6-5-17(2)22-23-13-14-24-22/h3-14H,2,15H2,1H3,(H,23,24)(H,25,26)/b6-5+. The Morgan fingerprint density at radius 1 is 1.15 bits per heavy atom. The van der Waals surface area contributed by atoms with Crippen LogP contribution in [0.15, 0.2) is 73.6 Å². The average Bonchev–Trinajstić information content (AvgIpc) is 3.17. The van der Waals surface area contributed by atoms with Crippen LogP contribution in [0, 0.1) is 6.92 Å². The first-order valence-electron chi connectivity index (χ1n) is 8.42. The smallest absolute Gasteiger partial charge is 0.228 e. The SMILES string of the molecule is C=C(/C=C/c1ccc(CC(=O)Nc2ccc(C)cc2)cc1)c1ncc[nH]1. The number of allylic oxidation sites excluding steroid dienone is 2. The lowest BCUT2D eigenvalue weighted by Crippen LogP contribution is -2.14. The van der Waals surface area contributed by atoms with E-state index in [1.165, 1.54) is 5.56 Å². The van der Waals surface area contributed by atoms with Crippen LogP contribution in [-0.2, 0) is 11.2 Å². The molecule has 4 nitrogen and oxygen atoms in total. The van der Waals surface area contributed by atoms with Gasteiger partial charge in [0.05, 0.1) is 6.42 Å². The van der Waals surface area contributed by atoms with E-state index in [0.717, 1.165) is 28.2 Å². The van der Waals surface area contributed by atoms with Gasteiger partial charge in [-0.1, -0.05) is 60.7 Å². The summed E-state index contributed by atoms with van der Waals surface area (Å²) in [5, 5.41) is 2.91. The number of carbonyl (C=O) groups excluding carboxylic acids is 1. The molecule has 1 amide bonds. The van der Waals surface area contributed by atoms with Gasteiger partial charge in [-0.15, -0.1) is 0 Å². The van der Waals surface area contributed by atoms with Crippen molar-refractivity contribution < 1.29 is 4.79 Å². The summed E-state index contributed by atoms with van der Waals surface area (Å²) in [5.41, 5.74) is 4.81. The summed E-state index contributed by atoms with van der Waals surface area (Å²) in [5.74, 6) is 0.731. The van der Waals surface area contributed by atoms with Crippen LogP contribution in [0.5, 0.6) is 0 Å². The van der Waals surface area contributed by atoms with Crippen molar-refractivity contribution in [3.8, 4) is 0 Å². The molecule has 1 aromatic heterocycles. The van der Waals surface area contributed by atoms with E-state index in [-0.39, 0.29) is 5.91 Å².